The van der Waals surface area contributed by atoms with Crippen molar-refractivity contribution in [2.75, 3.05) is 39.6 Å². The standard InChI is InChI=1S/C30H40N4O8S.C22H33N3O6S/c1-29(12-13-29)43(39,40)33-27(37)30-18-19(30)9-6-4-5-7-14-34(2)26(36)24-17-22(16-23(24)25(35)32-30)42-28(38)31-20-10-8-11-21(15-20)41-3;1-21(8-9-21)32(30,31)24-20(29)22-13-14(22)7-5-3-4-6-10-25(2)19(28)17-12-15(26)11-16(17)18(27)23-22/h6,8-11,15,19,22-24H,4-5,7,12-14,16-18H2,1-3H3,(H,31,38)(H,32,35)(H,33,37);5,7,14-17,26H,3-4,6,8-13H2,1-2H3,(H,23,27)(H,24,29)/b9-6-;7-5-/t19-,22-,23-,24-,30-;14-,15-,16-,17-,22-/m11/s1. The first-order valence-corrected chi connectivity index (χ1v) is 29.2. The number of rotatable bonds is 9. The monoisotopic (exact) mass is 1080 g/mol. The summed E-state index contributed by atoms with van der Waals surface area (Å²) in [7, 11) is -2.85. The van der Waals surface area contributed by atoms with E-state index in [-0.39, 0.29) is 55.8 Å². The van der Waals surface area contributed by atoms with Gasteiger partial charge in [-0.3, -0.25) is 43.5 Å². The van der Waals surface area contributed by atoms with Gasteiger partial charge in [-0.15, -0.1) is 0 Å². The number of fused-ring (bicyclic) bond motifs is 4. The maximum absolute atomic E-state index is 13.8. The van der Waals surface area contributed by atoms with E-state index in [1.54, 1.807) is 62.0 Å². The summed E-state index contributed by atoms with van der Waals surface area (Å²) < 4.78 is 64.3. The summed E-state index contributed by atoms with van der Waals surface area (Å²) in [5.74, 6) is -6.10. The number of nitrogens with zero attached hydrogens (tertiary/aromatic N) is 2. The highest BCUT2D eigenvalue weighted by molar-refractivity contribution is 7.92. The molecule has 7 amide bonds. The Balaban J connectivity index is 0.000000208. The fourth-order valence-corrected chi connectivity index (χ4v) is 13.5. The third-order valence-electron chi connectivity index (χ3n) is 16.9. The summed E-state index contributed by atoms with van der Waals surface area (Å²) in [5, 5.41) is 18.5. The molecule has 6 fully saturated rings. The maximum Gasteiger partial charge on any atom is 0.411 e. The zero-order valence-corrected chi connectivity index (χ0v) is 45.1. The largest absolute Gasteiger partial charge is 0.497 e. The summed E-state index contributed by atoms with van der Waals surface area (Å²) in [6.07, 6.45) is 13.2. The number of carbonyl (C=O) groups excluding carboxylic acids is 7. The third-order valence-corrected chi connectivity index (χ3v) is 21.2. The van der Waals surface area contributed by atoms with E-state index >= 15 is 0 Å². The second-order valence-electron chi connectivity index (χ2n) is 22.6. The molecule has 412 valence electrons. The van der Waals surface area contributed by atoms with E-state index in [9.17, 15) is 55.5 Å². The minimum Gasteiger partial charge on any atom is -0.497 e. The van der Waals surface area contributed by atoms with Crippen LogP contribution >= 0.6 is 0 Å². The number of anilines is 1. The second-order valence-corrected chi connectivity index (χ2v) is 27.0. The topological polar surface area (TPSA) is 293 Å². The van der Waals surface area contributed by atoms with Crippen LogP contribution in [0.3, 0.4) is 0 Å². The Hall–Kier alpha value is -5.55. The van der Waals surface area contributed by atoms with Crippen molar-refractivity contribution in [3.8, 4) is 5.75 Å². The molecule has 6 saturated carbocycles. The van der Waals surface area contributed by atoms with E-state index in [0.29, 0.717) is 56.6 Å². The fourth-order valence-electron chi connectivity index (χ4n) is 10.9. The average molecular weight is 1080 g/mol. The van der Waals surface area contributed by atoms with Crippen LogP contribution in [0.15, 0.2) is 48.6 Å². The SMILES string of the molecule is CN1CCCC/C=C\[C@@H]2C[C@@]2(C(=O)NS(=O)(=O)C2(C)CC2)NC(=O)[C@@H]2C[C@@H](O)C[C@H]2C1=O.COc1cccc(NC(=O)O[C@@H]2C[C@H]3C(=O)N[C@]4(C(=O)NS(=O)(=O)C5(C)CC5)C[C@H]4/C=C\CCCCN(C)C(=O)[C@@H]3C2)c1. The highest BCUT2D eigenvalue weighted by Crippen LogP contribution is 2.50. The van der Waals surface area contributed by atoms with Crippen LogP contribution in [0.25, 0.3) is 0 Å². The Kier molecular flexibility index (Phi) is 15.9. The number of aliphatic hydroxyl groups excluding tert-OH is 1. The van der Waals surface area contributed by atoms with E-state index in [1.165, 1.54) is 7.11 Å². The van der Waals surface area contributed by atoms with Crippen LogP contribution in [0.2, 0.25) is 0 Å². The van der Waals surface area contributed by atoms with Gasteiger partial charge in [0.25, 0.3) is 11.8 Å². The van der Waals surface area contributed by atoms with Crippen molar-refractivity contribution in [2.45, 2.75) is 149 Å². The molecular formula is C52H73N7O14S2. The molecule has 0 unspecified atom stereocenters. The van der Waals surface area contributed by atoms with Crippen LogP contribution in [-0.2, 0) is 53.6 Å². The lowest BCUT2D eigenvalue weighted by Crippen LogP contribution is -2.55. The number of aliphatic hydroxyl groups is 1. The van der Waals surface area contributed by atoms with Gasteiger partial charge in [0.15, 0.2) is 0 Å². The van der Waals surface area contributed by atoms with E-state index < -0.39 is 106 Å². The predicted molar refractivity (Wildman–Crippen MR) is 274 cm³/mol. The molecule has 1 aromatic carbocycles. The lowest BCUT2D eigenvalue weighted by Gasteiger charge is -2.27. The van der Waals surface area contributed by atoms with Gasteiger partial charge in [0, 0.05) is 50.8 Å². The number of carbonyl (C=O) groups is 7. The Morgan fingerprint density at radius 3 is 1.61 bits per heavy atom. The lowest BCUT2D eigenvalue weighted by molar-refractivity contribution is -0.141. The molecule has 0 spiro atoms. The van der Waals surface area contributed by atoms with Gasteiger partial charge in [0.05, 0.1) is 46.4 Å². The van der Waals surface area contributed by atoms with Crippen molar-refractivity contribution < 1.29 is 65.0 Å². The van der Waals surface area contributed by atoms with Gasteiger partial charge in [-0.1, -0.05) is 30.4 Å². The van der Waals surface area contributed by atoms with E-state index in [2.05, 4.69) is 25.4 Å². The van der Waals surface area contributed by atoms with Crippen molar-refractivity contribution in [2.24, 2.45) is 35.5 Å². The molecule has 9 rings (SSSR count). The first-order valence-electron chi connectivity index (χ1n) is 26.3. The van der Waals surface area contributed by atoms with Crippen molar-refractivity contribution in [1.82, 2.24) is 29.9 Å². The number of methoxy groups -OCH3 is 1. The Morgan fingerprint density at radius 2 is 1.13 bits per heavy atom. The average Bonchev–Trinajstić information content (AvgIpc) is 4.31. The molecule has 21 nitrogen and oxygen atoms in total. The van der Waals surface area contributed by atoms with Crippen LogP contribution in [0.1, 0.15) is 117 Å². The van der Waals surface area contributed by atoms with Crippen LogP contribution in [-0.4, -0.2) is 140 Å². The molecule has 75 heavy (non-hydrogen) atoms. The van der Waals surface area contributed by atoms with E-state index in [4.69, 9.17) is 9.47 Å². The number of sulfonamides is 2. The van der Waals surface area contributed by atoms with Crippen LogP contribution in [0.5, 0.6) is 5.75 Å². The highest BCUT2D eigenvalue weighted by atomic mass is 32.2. The van der Waals surface area contributed by atoms with Crippen molar-refractivity contribution in [3.05, 3.63) is 48.6 Å². The minimum absolute atomic E-state index is 0.0795. The van der Waals surface area contributed by atoms with Gasteiger partial charge in [-0.2, -0.15) is 0 Å². The molecule has 0 aromatic heterocycles. The molecule has 2 heterocycles. The number of allylic oxidation sites excluding steroid dienone is 2. The summed E-state index contributed by atoms with van der Waals surface area (Å²) in [4.78, 5) is 96.2. The van der Waals surface area contributed by atoms with Crippen molar-refractivity contribution >= 4 is 67.3 Å². The van der Waals surface area contributed by atoms with E-state index in [1.807, 2.05) is 24.3 Å². The second kappa shape index (κ2) is 21.5. The molecule has 10 atom stereocenters. The maximum atomic E-state index is 13.8. The Morgan fingerprint density at radius 1 is 0.680 bits per heavy atom. The number of hydrogen-bond donors (Lipinski definition) is 6. The lowest BCUT2D eigenvalue weighted by atomic mass is 9.93. The van der Waals surface area contributed by atoms with Gasteiger partial charge >= 0.3 is 6.09 Å². The third kappa shape index (κ3) is 12.0. The van der Waals surface area contributed by atoms with Gasteiger partial charge in [-0.05, 0) is 129 Å². The zero-order valence-electron chi connectivity index (χ0n) is 43.4. The molecule has 23 heteroatoms. The van der Waals surface area contributed by atoms with Gasteiger partial charge in [0.2, 0.25) is 43.7 Å². The molecule has 1 aromatic rings. The number of benzene rings is 1. The van der Waals surface area contributed by atoms with E-state index in [0.717, 1.165) is 38.5 Å². The number of hydrogen-bond acceptors (Lipinski definition) is 14. The summed E-state index contributed by atoms with van der Waals surface area (Å²) in [5.41, 5.74) is -2.31. The normalized spacial score (nSPS) is 33.9. The molecule has 0 bridgehead atoms. The first kappa shape index (κ1) is 55.7. The van der Waals surface area contributed by atoms with Gasteiger partial charge in [0.1, 0.15) is 22.9 Å². The first-order chi connectivity index (χ1) is 35.4. The van der Waals surface area contributed by atoms with Crippen molar-refractivity contribution in [3.63, 3.8) is 0 Å². The summed E-state index contributed by atoms with van der Waals surface area (Å²) in [6, 6.07) is 6.76. The Bertz CT molecular complexity index is 2730. The summed E-state index contributed by atoms with van der Waals surface area (Å²) in [6.45, 7) is 4.29. The highest BCUT2D eigenvalue weighted by Gasteiger charge is 2.65. The summed E-state index contributed by atoms with van der Waals surface area (Å²) >= 11 is 0. The number of ether oxygens (including phenoxy) is 2. The predicted octanol–water partition coefficient (Wildman–Crippen LogP) is 3.16. The zero-order chi connectivity index (χ0) is 54.3. The smallest absolute Gasteiger partial charge is 0.411 e. The Labute approximate surface area is 439 Å². The number of amides is 7. The van der Waals surface area contributed by atoms with Crippen LogP contribution < -0.4 is 30.1 Å². The quantitative estimate of drug-likeness (QED) is 0.194. The molecule has 6 aliphatic carbocycles. The molecule has 6 N–H and O–H groups in total. The van der Waals surface area contributed by atoms with Gasteiger partial charge < -0.3 is 35.0 Å². The van der Waals surface area contributed by atoms with Crippen LogP contribution in [0.4, 0.5) is 10.5 Å². The molecule has 0 saturated heterocycles. The van der Waals surface area contributed by atoms with Gasteiger partial charge in [-0.25, -0.2) is 21.6 Å². The van der Waals surface area contributed by atoms with Crippen molar-refractivity contribution in [1.29, 1.82) is 0 Å². The number of nitrogens with one attached hydrogen (secondary N) is 5. The van der Waals surface area contributed by atoms with Crippen LogP contribution in [0, 0.1) is 35.5 Å². The minimum atomic E-state index is -3.92. The molecular weight excluding hydrogens is 1010 g/mol. The molecule has 2 aliphatic heterocycles. The molecule has 0 radical (unpaired) electrons. The molecule has 8 aliphatic rings. The fraction of sp³-hybridized carbons (Fsp3) is 0.673.